The molecule has 50 valence electrons. The maximum atomic E-state index is 9.10. The van der Waals surface area contributed by atoms with Crippen molar-refractivity contribution >= 4 is 11.9 Å². The Morgan fingerprint density at radius 3 is 1.00 bits per heavy atom. The Morgan fingerprint density at radius 1 is 0.889 bits per heavy atom. The van der Waals surface area contributed by atoms with Gasteiger partial charge < -0.3 is 21.2 Å². The molecule has 6 nitrogen and oxygen atoms in total. The topological polar surface area (TPSA) is 132 Å². The van der Waals surface area contributed by atoms with Crippen LogP contribution in [0.2, 0.25) is 0 Å². The van der Waals surface area contributed by atoms with Gasteiger partial charge in [0.1, 0.15) is 0 Å². The molecule has 0 saturated heterocycles. The van der Waals surface area contributed by atoms with Crippen molar-refractivity contribution in [2.45, 2.75) is 0 Å². The second-order valence-corrected chi connectivity index (χ2v) is 0.610. The summed E-state index contributed by atoms with van der Waals surface area (Å²) >= 11 is 0. The fraction of sp³-hybridized carbons (Fsp3) is 0. The van der Waals surface area contributed by atoms with Crippen LogP contribution in [-0.4, -0.2) is 22.2 Å². The second kappa shape index (κ2) is 9.97. The molecule has 0 rings (SSSR count). The molecule has 9 heavy (non-hydrogen) atoms. The van der Waals surface area contributed by atoms with Crippen molar-refractivity contribution in [3.63, 3.8) is 0 Å². The average Bonchev–Trinajstić information content (AvgIpc) is 1.36. The Bertz CT molecular complexity index is 74.3. The molecule has 0 aliphatic rings. The first kappa shape index (κ1) is 24.8. The normalized spacial score (nSPS) is 4.89. The van der Waals surface area contributed by atoms with Crippen LogP contribution in [-0.2, 0) is 20.5 Å². The minimum absolute atomic E-state index is 0. The third-order valence-corrected chi connectivity index (χ3v) is 0.183. The molecule has 0 radical (unpaired) electrons. The molecular weight excluding hydrogens is 132 g/mol. The van der Waals surface area contributed by atoms with Gasteiger partial charge in [0, 0.05) is 0 Å². The quantitative estimate of drug-likeness (QED) is 0.411. The van der Waals surface area contributed by atoms with E-state index in [1.54, 1.807) is 0 Å². The summed E-state index contributed by atoms with van der Waals surface area (Å²) in [7, 11) is 0. The molecule has 0 atom stereocenters. The zero-order chi connectivity index (χ0) is 5.15. The molecule has 0 saturated carbocycles. The molecule has 0 aromatic rings. The molecule has 0 spiro atoms. The van der Waals surface area contributed by atoms with Gasteiger partial charge in [0.25, 0.3) is 0 Å². The minimum atomic E-state index is -1.82. The fourth-order valence-electron chi connectivity index (χ4n) is 0. The van der Waals surface area contributed by atoms with E-state index in [9.17, 15) is 0 Å². The van der Waals surface area contributed by atoms with Crippen LogP contribution < -0.4 is 0 Å². The summed E-state index contributed by atoms with van der Waals surface area (Å²) in [4.78, 5) is 18.2. The van der Waals surface area contributed by atoms with E-state index >= 15 is 0 Å². The Kier molecular flexibility index (Phi) is 27.5. The van der Waals surface area contributed by atoms with Crippen LogP contribution in [0.4, 0.5) is 0 Å². The Hall–Kier alpha value is -1.14. The molecule has 0 aliphatic heterocycles. The predicted octanol–water partition coefficient (Wildman–Crippen LogP) is -1.00. The van der Waals surface area contributed by atoms with Crippen molar-refractivity contribution in [2.24, 2.45) is 0 Å². The maximum absolute atomic E-state index is 9.10. The van der Waals surface area contributed by atoms with E-state index in [1.807, 2.05) is 0 Å². The summed E-state index contributed by atoms with van der Waals surface area (Å²) in [5, 5.41) is 14.8. The van der Waals surface area contributed by atoms with Gasteiger partial charge >= 0.3 is 19.4 Å². The summed E-state index contributed by atoms with van der Waals surface area (Å²) in [6, 6.07) is 0. The number of rotatable bonds is 0. The van der Waals surface area contributed by atoms with Gasteiger partial charge in [-0.2, -0.15) is 0 Å². The molecule has 6 heteroatoms. The van der Waals surface area contributed by atoms with E-state index in [4.69, 9.17) is 19.8 Å². The predicted molar refractivity (Wildman–Crippen MR) is 19.9 cm³/mol. The Labute approximate surface area is 51.3 Å². The van der Waals surface area contributed by atoms with Crippen molar-refractivity contribution < 1.29 is 30.8 Å². The molecule has 0 bridgehead atoms. The molecule has 0 unspecified atom stereocenters. The minimum Gasteiger partial charge on any atom is -2.00 e. The largest absolute Gasteiger partial charge is 4.00 e. The van der Waals surface area contributed by atoms with Gasteiger partial charge in [-0.3, -0.25) is 0 Å². The number of carboxylic acid groups (broad SMARTS) is 2. The number of carboxylic acids is 2. The zero-order valence-corrected chi connectivity index (χ0v) is 4.03. The third-order valence-electron chi connectivity index (χ3n) is 0.183. The van der Waals surface area contributed by atoms with Crippen molar-refractivity contribution in [1.29, 1.82) is 0 Å². The van der Waals surface area contributed by atoms with Crippen LogP contribution in [0, 0.1) is 7.43 Å². The van der Waals surface area contributed by atoms with Gasteiger partial charge in [0.2, 0.25) is 0 Å². The third kappa shape index (κ3) is 19.8. The van der Waals surface area contributed by atoms with Gasteiger partial charge in [-0.15, -0.1) is 0 Å². The van der Waals surface area contributed by atoms with Crippen LogP contribution in [0.25, 0.3) is 0 Å². The van der Waals surface area contributed by atoms with Crippen molar-refractivity contribution in [3.05, 3.63) is 7.43 Å². The molecule has 0 heterocycles. The van der Waals surface area contributed by atoms with E-state index in [1.165, 1.54) is 0 Å². The summed E-state index contributed by atoms with van der Waals surface area (Å²) < 4.78 is 0. The van der Waals surface area contributed by atoms with Crippen LogP contribution in [0.5, 0.6) is 0 Å². The molecule has 0 aromatic heterocycles. The molecule has 0 amide bonds. The van der Waals surface area contributed by atoms with Crippen LogP contribution >= 0.6 is 0 Å². The number of hydrogen-bond acceptors (Lipinski definition) is 2. The summed E-state index contributed by atoms with van der Waals surface area (Å²) in [5.74, 6) is -3.65. The number of hydrogen-bond donors (Lipinski definition) is 2. The van der Waals surface area contributed by atoms with Crippen molar-refractivity contribution in [3.8, 4) is 0 Å². The summed E-state index contributed by atoms with van der Waals surface area (Å²) in [6.45, 7) is 0. The first-order valence-electron chi connectivity index (χ1n) is 1.11. The standard InChI is InChI=1S/C2H2O4.C.2O/c3-1(4)2(5)6;;;/h(H,3,4)(H,5,6);;;/q;+4;2*-2. The van der Waals surface area contributed by atoms with Crippen molar-refractivity contribution in [1.82, 2.24) is 0 Å². The maximum Gasteiger partial charge on any atom is 4.00 e. The van der Waals surface area contributed by atoms with E-state index in [0.717, 1.165) is 0 Å². The molecular formula is C3H2O6. The number of carbonyl (C=O) groups is 2. The summed E-state index contributed by atoms with van der Waals surface area (Å²) in [6.07, 6.45) is 0. The zero-order valence-electron chi connectivity index (χ0n) is 4.03. The molecule has 2 N–H and O–H groups in total. The average molecular weight is 134 g/mol. The van der Waals surface area contributed by atoms with Crippen LogP contribution in [0.3, 0.4) is 0 Å². The second-order valence-electron chi connectivity index (χ2n) is 0.610. The van der Waals surface area contributed by atoms with Gasteiger partial charge in [-0.05, 0) is 0 Å². The van der Waals surface area contributed by atoms with Gasteiger partial charge in [-0.25, -0.2) is 9.59 Å². The Balaban J connectivity index is -0.0000000417. The van der Waals surface area contributed by atoms with Crippen LogP contribution in [0.15, 0.2) is 0 Å². The monoisotopic (exact) mass is 134 g/mol. The Morgan fingerprint density at radius 2 is 1.00 bits per heavy atom. The molecule has 0 aromatic carbocycles. The fourth-order valence-corrected chi connectivity index (χ4v) is 0. The van der Waals surface area contributed by atoms with E-state index < -0.39 is 11.9 Å². The van der Waals surface area contributed by atoms with Crippen LogP contribution in [0.1, 0.15) is 0 Å². The first-order chi connectivity index (χ1) is 2.64. The molecule has 0 fully saturated rings. The smallest absolute Gasteiger partial charge is 2.00 e. The SMILES string of the molecule is O=C(O)C(=O)O.[C+4].[O-2].[O-2]. The van der Waals surface area contributed by atoms with Gasteiger partial charge in [-0.1, -0.05) is 0 Å². The number of aliphatic carboxylic acids is 2. The van der Waals surface area contributed by atoms with E-state index in [0.29, 0.717) is 0 Å². The van der Waals surface area contributed by atoms with Gasteiger partial charge in [0.15, 0.2) is 0 Å². The van der Waals surface area contributed by atoms with E-state index in [2.05, 4.69) is 0 Å². The van der Waals surface area contributed by atoms with Gasteiger partial charge in [0.05, 0.1) is 0 Å². The van der Waals surface area contributed by atoms with E-state index in [-0.39, 0.29) is 18.4 Å². The molecule has 0 aliphatic carbocycles. The summed E-state index contributed by atoms with van der Waals surface area (Å²) in [5.41, 5.74) is 0. The first-order valence-corrected chi connectivity index (χ1v) is 1.11. The van der Waals surface area contributed by atoms with Crippen molar-refractivity contribution in [2.75, 3.05) is 0 Å².